The maximum Gasteiger partial charge on any atom is 0.150 e. The molecular formula is C13H13Br2F2N3. The molecule has 0 amide bonds. The van der Waals surface area contributed by atoms with Crippen LogP contribution in [-0.2, 0) is 20.0 Å². The van der Waals surface area contributed by atoms with Crippen LogP contribution in [0.4, 0.5) is 14.5 Å². The van der Waals surface area contributed by atoms with Crippen LogP contribution in [0.25, 0.3) is 0 Å². The summed E-state index contributed by atoms with van der Waals surface area (Å²) in [7, 11) is 1.80. The highest BCUT2D eigenvalue weighted by Gasteiger charge is 2.15. The first-order valence-corrected chi connectivity index (χ1v) is 7.61. The topological polar surface area (TPSA) is 29.9 Å². The molecule has 3 nitrogen and oxygen atoms in total. The lowest BCUT2D eigenvalue weighted by atomic mass is 10.2. The van der Waals surface area contributed by atoms with E-state index in [0.717, 1.165) is 22.3 Å². The zero-order valence-corrected chi connectivity index (χ0v) is 14.1. The number of hydrogen-bond acceptors (Lipinski definition) is 2. The van der Waals surface area contributed by atoms with E-state index >= 15 is 0 Å². The van der Waals surface area contributed by atoms with Gasteiger partial charge >= 0.3 is 0 Å². The molecule has 1 aromatic heterocycles. The van der Waals surface area contributed by atoms with Crippen molar-refractivity contribution in [3.63, 3.8) is 0 Å². The van der Waals surface area contributed by atoms with Gasteiger partial charge in [-0.15, -0.1) is 0 Å². The zero-order valence-electron chi connectivity index (χ0n) is 11.0. The molecule has 1 aromatic carbocycles. The van der Waals surface area contributed by atoms with Crippen molar-refractivity contribution in [2.24, 2.45) is 7.05 Å². The molecule has 0 atom stereocenters. The van der Waals surface area contributed by atoms with E-state index in [9.17, 15) is 8.78 Å². The molecule has 0 fully saturated rings. The van der Waals surface area contributed by atoms with Crippen molar-refractivity contribution < 1.29 is 8.78 Å². The van der Waals surface area contributed by atoms with E-state index < -0.39 is 11.6 Å². The van der Waals surface area contributed by atoms with Gasteiger partial charge in [-0.25, -0.2) is 8.78 Å². The number of aryl methyl sites for hydroxylation is 2. The number of aromatic nitrogens is 2. The van der Waals surface area contributed by atoms with Gasteiger partial charge in [0.1, 0.15) is 17.3 Å². The molecule has 1 heterocycles. The summed E-state index contributed by atoms with van der Waals surface area (Å²) in [5.41, 5.74) is 1.61. The van der Waals surface area contributed by atoms with Gasteiger partial charge in [0.05, 0.1) is 22.4 Å². The number of anilines is 1. The Balaban J connectivity index is 2.24. The second kappa shape index (κ2) is 6.22. The normalized spacial score (nSPS) is 10.9. The Kier molecular flexibility index (Phi) is 4.80. The molecule has 0 radical (unpaired) electrons. The van der Waals surface area contributed by atoms with Crippen molar-refractivity contribution in [1.82, 2.24) is 9.78 Å². The van der Waals surface area contributed by atoms with Gasteiger partial charge in [0.2, 0.25) is 0 Å². The van der Waals surface area contributed by atoms with Crippen LogP contribution in [0.2, 0.25) is 0 Å². The average molecular weight is 409 g/mol. The van der Waals surface area contributed by atoms with Gasteiger partial charge in [-0.2, -0.15) is 5.10 Å². The second-order valence-electron chi connectivity index (χ2n) is 4.28. The molecular weight excluding hydrogens is 396 g/mol. The second-order valence-corrected chi connectivity index (χ2v) is 5.99. The number of nitrogens with zero attached hydrogens (tertiary/aromatic N) is 2. The predicted molar refractivity (Wildman–Crippen MR) is 81.7 cm³/mol. The number of halogens is 4. The molecule has 2 rings (SSSR count). The lowest BCUT2D eigenvalue weighted by Gasteiger charge is -2.10. The van der Waals surface area contributed by atoms with Gasteiger partial charge in [-0.3, -0.25) is 4.68 Å². The van der Waals surface area contributed by atoms with E-state index in [1.165, 1.54) is 12.1 Å². The average Bonchev–Trinajstić information content (AvgIpc) is 2.64. The van der Waals surface area contributed by atoms with Crippen molar-refractivity contribution in [2.45, 2.75) is 19.9 Å². The van der Waals surface area contributed by atoms with Crippen LogP contribution in [0.5, 0.6) is 0 Å². The SMILES string of the molecule is CCc1nn(C)c(CNc2c(F)cc(Br)cc2F)c1Br. The third-order valence-corrected chi connectivity index (χ3v) is 4.32. The van der Waals surface area contributed by atoms with Crippen LogP contribution in [0, 0.1) is 11.6 Å². The lowest BCUT2D eigenvalue weighted by Crippen LogP contribution is -2.08. The van der Waals surface area contributed by atoms with E-state index in [4.69, 9.17) is 0 Å². The molecule has 20 heavy (non-hydrogen) atoms. The fraction of sp³-hybridized carbons (Fsp3) is 0.308. The van der Waals surface area contributed by atoms with Gasteiger partial charge < -0.3 is 5.32 Å². The summed E-state index contributed by atoms with van der Waals surface area (Å²) in [6, 6.07) is 2.45. The largest absolute Gasteiger partial charge is 0.375 e. The number of nitrogens with one attached hydrogen (secondary N) is 1. The quantitative estimate of drug-likeness (QED) is 0.812. The minimum absolute atomic E-state index is 0.139. The molecule has 0 saturated heterocycles. The number of hydrogen-bond donors (Lipinski definition) is 1. The molecule has 0 spiro atoms. The highest BCUT2D eigenvalue weighted by molar-refractivity contribution is 9.10. The monoisotopic (exact) mass is 407 g/mol. The Morgan fingerprint density at radius 1 is 1.25 bits per heavy atom. The first kappa shape index (κ1) is 15.4. The molecule has 0 aliphatic carbocycles. The standard InChI is InChI=1S/C13H13Br2F2N3/c1-3-10-12(15)11(20(2)19-10)6-18-13-8(16)4-7(14)5-9(13)17/h4-5,18H,3,6H2,1-2H3. The highest BCUT2D eigenvalue weighted by Crippen LogP contribution is 2.26. The zero-order chi connectivity index (χ0) is 14.9. The smallest absolute Gasteiger partial charge is 0.150 e. The molecule has 7 heteroatoms. The van der Waals surface area contributed by atoms with Gasteiger partial charge in [-0.1, -0.05) is 22.9 Å². The van der Waals surface area contributed by atoms with Crippen LogP contribution in [0.15, 0.2) is 21.1 Å². The van der Waals surface area contributed by atoms with Crippen LogP contribution < -0.4 is 5.32 Å². The van der Waals surface area contributed by atoms with Gasteiger partial charge in [0.25, 0.3) is 0 Å². The van der Waals surface area contributed by atoms with E-state index in [0.29, 0.717) is 4.47 Å². The lowest BCUT2D eigenvalue weighted by molar-refractivity contribution is 0.585. The molecule has 1 N–H and O–H groups in total. The highest BCUT2D eigenvalue weighted by atomic mass is 79.9. The molecule has 0 aliphatic heterocycles. The summed E-state index contributed by atoms with van der Waals surface area (Å²) in [6.07, 6.45) is 0.787. The minimum atomic E-state index is -0.633. The van der Waals surface area contributed by atoms with E-state index in [1.807, 2.05) is 6.92 Å². The summed E-state index contributed by atoms with van der Waals surface area (Å²) >= 11 is 6.52. The summed E-state index contributed by atoms with van der Waals surface area (Å²) in [4.78, 5) is 0. The van der Waals surface area contributed by atoms with Crippen LogP contribution >= 0.6 is 31.9 Å². The van der Waals surface area contributed by atoms with Crippen molar-refractivity contribution in [2.75, 3.05) is 5.32 Å². The third-order valence-electron chi connectivity index (χ3n) is 2.94. The Bertz CT molecular complexity index is 618. The molecule has 0 bridgehead atoms. The molecule has 0 saturated carbocycles. The van der Waals surface area contributed by atoms with Crippen molar-refractivity contribution in [1.29, 1.82) is 0 Å². The van der Waals surface area contributed by atoms with Crippen LogP contribution in [-0.4, -0.2) is 9.78 Å². The Labute approximate surface area is 132 Å². The number of rotatable bonds is 4. The fourth-order valence-electron chi connectivity index (χ4n) is 1.90. The Morgan fingerprint density at radius 3 is 2.35 bits per heavy atom. The summed E-state index contributed by atoms with van der Waals surface area (Å²) in [6.45, 7) is 2.28. The van der Waals surface area contributed by atoms with E-state index in [1.54, 1.807) is 11.7 Å². The molecule has 108 valence electrons. The molecule has 0 unspecified atom stereocenters. The molecule has 2 aromatic rings. The molecule has 0 aliphatic rings. The number of benzene rings is 1. The van der Waals surface area contributed by atoms with Crippen LogP contribution in [0.3, 0.4) is 0 Å². The summed E-state index contributed by atoms with van der Waals surface area (Å²) in [5, 5.41) is 7.12. The maximum atomic E-state index is 13.7. The summed E-state index contributed by atoms with van der Waals surface area (Å²) in [5.74, 6) is -1.27. The minimum Gasteiger partial charge on any atom is -0.375 e. The Hall–Kier alpha value is -0.950. The predicted octanol–water partition coefficient (Wildman–Crippen LogP) is 4.40. The summed E-state index contributed by atoms with van der Waals surface area (Å²) < 4.78 is 30.4. The fourth-order valence-corrected chi connectivity index (χ4v) is 3.05. The van der Waals surface area contributed by atoms with Gasteiger partial charge in [-0.05, 0) is 34.5 Å². The van der Waals surface area contributed by atoms with Gasteiger partial charge in [0.15, 0.2) is 0 Å². The van der Waals surface area contributed by atoms with Crippen molar-refractivity contribution >= 4 is 37.5 Å². The maximum absolute atomic E-state index is 13.7. The van der Waals surface area contributed by atoms with E-state index in [2.05, 4.69) is 42.3 Å². The van der Waals surface area contributed by atoms with Crippen molar-refractivity contribution in [3.05, 3.63) is 44.1 Å². The third kappa shape index (κ3) is 3.03. The first-order chi connectivity index (χ1) is 9.43. The van der Waals surface area contributed by atoms with E-state index in [-0.39, 0.29) is 12.2 Å². The van der Waals surface area contributed by atoms with Crippen LogP contribution in [0.1, 0.15) is 18.3 Å². The first-order valence-electron chi connectivity index (χ1n) is 6.02. The van der Waals surface area contributed by atoms with Crippen molar-refractivity contribution in [3.8, 4) is 0 Å². The Morgan fingerprint density at radius 2 is 1.85 bits per heavy atom. The van der Waals surface area contributed by atoms with Gasteiger partial charge in [0, 0.05) is 11.5 Å².